The molecule has 1 aromatic heterocycles. The van der Waals surface area contributed by atoms with E-state index in [-0.39, 0.29) is 5.84 Å². The first-order chi connectivity index (χ1) is 9.24. The molecule has 3 N–H and O–H groups in total. The van der Waals surface area contributed by atoms with Crippen molar-refractivity contribution < 1.29 is 14.7 Å². The number of amidine groups is 1. The number of rotatable bonds is 5. The smallest absolute Gasteiger partial charge is 0.170 e. The lowest BCUT2D eigenvalue weighted by Gasteiger charge is -2.11. The summed E-state index contributed by atoms with van der Waals surface area (Å²) in [6, 6.07) is 9.09. The number of ether oxygens (including phenoxy) is 2. The second-order valence-electron chi connectivity index (χ2n) is 3.72. The van der Waals surface area contributed by atoms with Gasteiger partial charge in [-0.25, -0.2) is 0 Å². The van der Waals surface area contributed by atoms with Crippen molar-refractivity contribution in [2.45, 2.75) is 6.61 Å². The number of hydrogen-bond donors (Lipinski definition) is 2. The Hall–Kier alpha value is -2.21. The molecule has 2 rings (SSSR count). The molecule has 2 aromatic rings. The Morgan fingerprint density at radius 2 is 2.21 bits per heavy atom. The molecule has 100 valence electrons. The van der Waals surface area contributed by atoms with Gasteiger partial charge in [-0.1, -0.05) is 11.2 Å². The molecule has 0 saturated heterocycles. The average molecular weight is 278 g/mol. The van der Waals surface area contributed by atoms with E-state index in [1.807, 2.05) is 17.5 Å². The first-order valence-electron chi connectivity index (χ1n) is 5.55. The molecule has 0 aliphatic rings. The number of benzene rings is 1. The summed E-state index contributed by atoms with van der Waals surface area (Å²) in [5, 5.41) is 13.6. The van der Waals surface area contributed by atoms with Gasteiger partial charge in [0.1, 0.15) is 6.61 Å². The van der Waals surface area contributed by atoms with E-state index in [4.69, 9.17) is 20.4 Å². The molecule has 0 aliphatic carbocycles. The van der Waals surface area contributed by atoms with Crippen LogP contribution in [0.25, 0.3) is 0 Å². The molecule has 0 spiro atoms. The van der Waals surface area contributed by atoms with Gasteiger partial charge in [-0.15, -0.1) is 11.3 Å². The third kappa shape index (κ3) is 3.17. The van der Waals surface area contributed by atoms with Crippen LogP contribution in [0.5, 0.6) is 11.5 Å². The highest BCUT2D eigenvalue weighted by Gasteiger charge is 2.08. The zero-order valence-electron chi connectivity index (χ0n) is 10.4. The molecule has 0 bridgehead atoms. The molecule has 0 saturated carbocycles. The molecule has 0 radical (unpaired) electrons. The van der Waals surface area contributed by atoms with Crippen LogP contribution in [0.15, 0.2) is 40.9 Å². The molecule has 0 atom stereocenters. The number of thiophene rings is 1. The zero-order valence-corrected chi connectivity index (χ0v) is 11.2. The molecule has 6 heteroatoms. The fourth-order valence-electron chi connectivity index (χ4n) is 1.55. The molecule has 5 nitrogen and oxygen atoms in total. The minimum Gasteiger partial charge on any atom is -0.493 e. The zero-order chi connectivity index (χ0) is 13.7. The maximum absolute atomic E-state index is 8.64. The fourth-order valence-corrected chi connectivity index (χ4v) is 2.16. The summed E-state index contributed by atoms with van der Waals surface area (Å²) in [5.41, 5.74) is 6.10. The monoisotopic (exact) mass is 278 g/mol. The summed E-state index contributed by atoms with van der Waals surface area (Å²) in [7, 11) is 1.55. The number of nitrogens with zero attached hydrogens (tertiary/aromatic N) is 1. The Balaban J connectivity index is 2.16. The lowest BCUT2D eigenvalue weighted by Crippen LogP contribution is -2.13. The lowest BCUT2D eigenvalue weighted by atomic mass is 10.2. The van der Waals surface area contributed by atoms with Gasteiger partial charge in [0.2, 0.25) is 0 Å². The van der Waals surface area contributed by atoms with Gasteiger partial charge < -0.3 is 20.4 Å². The van der Waals surface area contributed by atoms with Crippen molar-refractivity contribution in [2.75, 3.05) is 7.11 Å². The van der Waals surface area contributed by atoms with Crippen LogP contribution in [0.3, 0.4) is 0 Å². The van der Waals surface area contributed by atoms with Crippen molar-refractivity contribution >= 4 is 17.2 Å². The number of hydrogen-bond acceptors (Lipinski definition) is 5. The molecule has 0 fully saturated rings. The van der Waals surface area contributed by atoms with Crippen LogP contribution in [0.4, 0.5) is 0 Å². The number of oxime groups is 1. The van der Waals surface area contributed by atoms with Crippen molar-refractivity contribution in [3.8, 4) is 11.5 Å². The molecule has 19 heavy (non-hydrogen) atoms. The maximum Gasteiger partial charge on any atom is 0.170 e. The van der Waals surface area contributed by atoms with Crippen LogP contribution in [0, 0.1) is 0 Å². The predicted molar refractivity (Wildman–Crippen MR) is 74.2 cm³/mol. The largest absolute Gasteiger partial charge is 0.493 e. The predicted octanol–water partition coefficient (Wildman–Crippen LogP) is 2.43. The van der Waals surface area contributed by atoms with Gasteiger partial charge in [0.05, 0.1) is 7.11 Å². The summed E-state index contributed by atoms with van der Waals surface area (Å²) in [4.78, 5) is 1.13. The Morgan fingerprint density at radius 3 is 2.84 bits per heavy atom. The SMILES string of the molecule is COc1cc(/C(N)=N/O)ccc1OCc1cccs1. The molecular formula is C13H14N2O3S. The van der Waals surface area contributed by atoms with E-state index in [9.17, 15) is 0 Å². The van der Waals surface area contributed by atoms with Crippen molar-refractivity contribution in [2.24, 2.45) is 10.9 Å². The lowest BCUT2D eigenvalue weighted by molar-refractivity contribution is 0.287. The van der Waals surface area contributed by atoms with Gasteiger partial charge in [0.15, 0.2) is 17.3 Å². The molecule has 0 unspecified atom stereocenters. The minimum absolute atomic E-state index is 0.0307. The van der Waals surface area contributed by atoms with Gasteiger partial charge >= 0.3 is 0 Å². The van der Waals surface area contributed by atoms with Crippen molar-refractivity contribution in [3.63, 3.8) is 0 Å². The van der Waals surface area contributed by atoms with Gasteiger partial charge in [-0.3, -0.25) is 0 Å². The van der Waals surface area contributed by atoms with Crippen LogP contribution < -0.4 is 15.2 Å². The van der Waals surface area contributed by atoms with E-state index in [2.05, 4.69) is 5.16 Å². The van der Waals surface area contributed by atoms with Crippen LogP contribution in [0.2, 0.25) is 0 Å². The molecular weight excluding hydrogens is 264 g/mol. The highest BCUT2D eigenvalue weighted by atomic mass is 32.1. The normalized spacial score (nSPS) is 11.3. The van der Waals surface area contributed by atoms with Crippen LogP contribution in [-0.4, -0.2) is 18.2 Å². The summed E-state index contributed by atoms with van der Waals surface area (Å²) in [6.07, 6.45) is 0. The van der Waals surface area contributed by atoms with Crippen LogP contribution >= 0.6 is 11.3 Å². The van der Waals surface area contributed by atoms with Crippen molar-refractivity contribution in [1.29, 1.82) is 0 Å². The van der Waals surface area contributed by atoms with Crippen LogP contribution in [-0.2, 0) is 6.61 Å². The summed E-state index contributed by atoms with van der Waals surface area (Å²) < 4.78 is 10.9. The topological polar surface area (TPSA) is 77.1 Å². The van der Waals surface area contributed by atoms with E-state index >= 15 is 0 Å². The van der Waals surface area contributed by atoms with Crippen LogP contribution in [0.1, 0.15) is 10.4 Å². The van der Waals surface area contributed by atoms with E-state index in [1.165, 1.54) is 0 Å². The van der Waals surface area contributed by atoms with Gasteiger partial charge in [-0.05, 0) is 29.6 Å². The molecule has 0 amide bonds. The summed E-state index contributed by atoms with van der Waals surface area (Å²) >= 11 is 1.63. The second-order valence-corrected chi connectivity index (χ2v) is 4.75. The number of methoxy groups -OCH3 is 1. The first-order valence-corrected chi connectivity index (χ1v) is 6.43. The fraction of sp³-hybridized carbons (Fsp3) is 0.154. The van der Waals surface area contributed by atoms with E-state index in [1.54, 1.807) is 36.6 Å². The van der Waals surface area contributed by atoms with Gasteiger partial charge in [-0.2, -0.15) is 0 Å². The summed E-state index contributed by atoms with van der Waals surface area (Å²) in [6.45, 7) is 0.483. The standard InChI is InChI=1S/C13H14N2O3S/c1-17-12-7-9(13(14)15-16)4-5-11(12)18-8-10-3-2-6-19-10/h2-7,16H,8H2,1H3,(H2,14,15). The highest BCUT2D eigenvalue weighted by molar-refractivity contribution is 7.09. The van der Waals surface area contributed by atoms with E-state index in [0.29, 0.717) is 23.7 Å². The van der Waals surface area contributed by atoms with Crippen molar-refractivity contribution in [1.82, 2.24) is 0 Å². The van der Waals surface area contributed by atoms with Gasteiger partial charge in [0, 0.05) is 10.4 Å². The van der Waals surface area contributed by atoms with E-state index < -0.39 is 0 Å². The quantitative estimate of drug-likeness (QED) is 0.381. The maximum atomic E-state index is 8.64. The second kappa shape index (κ2) is 6.10. The Labute approximate surface area is 114 Å². The highest BCUT2D eigenvalue weighted by Crippen LogP contribution is 2.29. The third-order valence-corrected chi connectivity index (χ3v) is 3.37. The Bertz CT molecular complexity index is 567. The molecule has 0 aliphatic heterocycles. The Morgan fingerprint density at radius 1 is 1.37 bits per heavy atom. The molecule has 1 heterocycles. The minimum atomic E-state index is 0.0307. The molecule has 1 aromatic carbocycles. The third-order valence-electron chi connectivity index (χ3n) is 2.52. The van der Waals surface area contributed by atoms with E-state index in [0.717, 1.165) is 4.88 Å². The Kier molecular flexibility index (Phi) is 4.25. The first kappa shape index (κ1) is 13.2. The average Bonchev–Trinajstić information content (AvgIpc) is 2.97. The van der Waals surface area contributed by atoms with Gasteiger partial charge in [0.25, 0.3) is 0 Å². The number of nitrogens with two attached hydrogens (primary N) is 1. The summed E-state index contributed by atoms with van der Waals surface area (Å²) in [5.74, 6) is 1.19. The van der Waals surface area contributed by atoms with Crippen molar-refractivity contribution in [3.05, 3.63) is 46.2 Å².